The Hall–Kier alpha value is -1.59. The van der Waals surface area contributed by atoms with Crippen LogP contribution in [-0.2, 0) is 28.6 Å². The van der Waals surface area contributed by atoms with E-state index in [0.29, 0.717) is 19.3 Å². The van der Waals surface area contributed by atoms with Gasteiger partial charge in [-0.25, -0.2) is 0 Å². The first-order valence-corrected chi connectivity index (χ1v) is 31.3. The van der Waals surface area contributed by atoms with E-state index in [2.05, 4.69) is 34.6 Å². The van der Waals surface area contributed by atoms with Crippen molar-refractivity contribution >= 4 is 17.9 Å². The van der Waals surface area contributed by atoms with Crippen molar-refractivity contribution in [2.75, 3.05) is 13.2 Å². The minimum Gasteiger partial charge on any atom is -0.462 e. The maximum absolute atomic E-state index is 12.9. The molecule has 0 aromatic heterocycles. The number of hydrogen-bond donors (Lipinski definition) is 0. The molecule has 6 nitrogen and oxygen atoms in total. The van der Waals surface area contributed by atoms with E-state index in [1.54, 1.807) is 0 Å². The van der Waals surface area contributed by atoms with Gasteiger partial charge in [0.15, 0.2) is 6.10 Å². The summed E-state index contributed by atoms with van der Waals surface area (Å²) in [5.74, 6) is 0.893. The molecule has 0 fully saturated rings. The fourth-order valence-corrected chi connectivity index (χ4v) is 9.73. The van der Waals surface area contributed by atoms with Crippen molar-refractivity contribution in [2.45, 2.75) is 362 Å². The Morgan fingerprint density at radius 1 is 0.304 bits per heavy atom. The van der Waals surface area contributed by atoms with Crippen molar-refractivity contribution in [3.8, 4) is 0 Å². The molecule has 0 N–H and O–H groups in total. The van der Waals surface area contributed by atoms with Gasteiger partial charge in [-0.1, -0.05) is 317 Å². The van der Waals surface area contributed by atoms with E-state index < -0.39 is 6.10 Å². The summed E-state index contributed by atoms with van der Waals surface area (Å²) in [6.45, 7) is 11.5. The minimum atomic E-state index is -0.763. The minimum absolute atomic E-state index is 0.0622. The molecule has 0 saturated carbocycles. The summed E-state index contributed by atoms with van der Waals surface area (Å²) in [7, 11) is 0. The third-order valence-corrected chi connectivity index (χ3v) is 14.8. The fraction of sp³-hybridized carbons (Fsp3) is 0.952. The Labute approximate surface area is 431 Å². The van der Waals surface area contributed by atoms with Crippen LogP contribution in [0.5, 0.6) is 0 Å². The van der Waals surface area contributed by atoms with Gasteiger partial charge in [0.2, 0.25) is 0 Å². The van der Waals surface area contributed by atoms with Crippen molar-refractivity contribution in [3.05, 3.63) is 0 Å². The lowest BCUT2D eigenvalue weighted by Crippen LogP contribution is -2.30. The van der Waals surface area contributed by atoms with Gasteiger partial charge in [0, 0.05) is 19.3 Å². The normalized spacial score (nSPS) is 12.4. The van der Waals surface area contributed by atoms with E-state index in [1.165, 1.54) is 244 Å². The monoisotopic (exact) mass is 975 g/mol. The van der Waals surface area contributed by atoms with Crippen molar-refractivity contribution in [3.63, 3.8) is 0 Å². The molecule has 0 bridgehead atoms. The molecule has 69 heavy (non-hydrogen) atoms. The van der Waals surface area contributed by atoms with Gasteiger partial charge in [-0.15, -0.1) is 0 Å². The van der Waals surface area contributed by atoms with E-state index in [0.717, 1.165) is 69.6 Å². The molecule has 0 rings (SSSR count). The van der Waals surface area contributed by atoms with Gasteiger partial charge in [0.25, 0.3) is 0 Å². The predicted molar refractivity (Wildman–Crippen MR) is 298 cm³/mol. The molecule has 0 aliphatic carbocycles. The predicted octanol–water partition coefficient (Wildman–Crippen LogP) is 20.8. The summed E-state index contributed by atoms with van der Waals surface area (Å²) in [4.78, 5) is 38.2. The number of rotatable bonds is 57. The molecule has 0 spiro atoms. The van der Waals surface area contributed by atoms with Crippen molar-refractivity contribution in [2.24, 2.45) is 11.8 Å². The van der Waals surface area contributed by atoms with Gasteiger partial charge in [-0.05, 0) is 31.1 Å². The Morgan fingerprint density at radius 3 is 0.826 bits per heavy atom. The molecule has 0 heterocycles. The molecule has 0 amide bonds. The molecule has 0 radical (unpaired) electrons. The molecular formula is C63H122O6. The Kier molecular flexibility index (Phi) is 54.4. The number of carbonyl (C=O) groups is 3. The molecule has 0 aromatic carbocycles. The van der Waals surface area contributed by atoms with Gasteiger partial charge < -0.3 is 14.2 Å². The summed E-state index contributed by atoms with van der Waals surface area (Å²) < 4.78 is 16.9. The summed E-state index contributed by atoms with van der Waals surface area (Å²) in [6.07, 6.45) is 61.0. The molecular weight excluding hydrogens is 853 g/mol. The van der Waals surface area contributed by atoms with Gasteiger partial charge in [0.1, 0.15) is 13.2 Å². The standard InChI is InChI=1S/C63H122O6/c1-6-8-9-10-11-12-13-14-15-21-24-27-33-38-43-48-53-61(64)67-56-60(57-68-62(65)54-49-44-39-34-30-29-31-36-41-46-51-58(3)4)69-63(66)55-50-45-40-35-28-25-22-19-17-16-18-20-23-26-32-37-42-47-52-59(5)7-2/h58-60H,6-57H2,1-5H3/t59?,60-/m0/s1. The molecule has 1 unspecified atom stereocenters. The van der Waals surface area contributed by atoms with Crippen LogP contribution in [0.3, 0.4) is 0 Å². The SMILES string of the molecule is CCCCCCCCCCCCCCCCCCC(=O)OC[C@@H](COC(=O)CCCCCCCCCCCCC(C)C)OC(=O)CCCCCCCCCCCCCCCCCCCCC(C)CC. The van der Waals surface area contributed by atoms with Crippen LogP contribution in [0.1, 0.15) is 356 Å². The van der Waals surface area contributed by atoms with Crippen molar-refractivity contribution < 1.29 is 28.6 Å². The lowest BCUT2D eigenvalue weighted by atomic mass is 9.99. The summed E-state index contributed by atoms with van der Waals surface area (Å²) >= 11 is 0. The van der Waals surface area contributed by atoms with Crippen LogP contribution >= 0.6 is 0 Å². The molecule has 6 heteroatoms. The van der Waals surface area contributed by atoms with Crippen LogP contribution in [0, 0.1) is 11.8 Å². The zero-order valence-corrected chi connectivity index (χ0v) is 47.5. The van der Waals surface area contributed by atoms with Crippen LogP contribution < -0.4 is 0 Å². The first-order chi connectivity index (χ1) is 33.8. The highest BCUT2D eigenvalue weighted by Crippen LogP contribution is 2.19. The number of carbonyl (C=O) groups excluding carboxylic acids is 3. The number of ether oxygens (including phenoxy) is 3. The third-order valence-electron chi connectivity index (χ3n) is 14.8. The van der Waals surface area contributed by atoms with Gasteiger partial charge >= 0.3 is 17.9 Å². The molecule has 0 aliphatic heterocycles. The van der Waals surface area contributed by atoms with Gasteiger partial charge in [-0.3, -0.25) is 14.4 Å². The van der Waals surface area contributed by atoms with Crippen LogP contribution in [0.15, 0.2) is 0 Å². The maximum Gasteiger partial charge on any atom is 0.306 e. The summed E-state index contributed by atoms with van der Waals surface area (Å²) in [5, 5.41) is 0. The number of hydrogen-bond acceptors (Lipinski definition) is 6. The van der Waals surface area contributed by atoms with E-state index in [-0.39, 0.29) is 31.1 Å². The van der Waals surface area contributed by atoms with E-state index in [4.69, 9.17) is 14.2 Å². The Morgan fingerprint density at radius 2 is 0.551 bits per heavy atom. The summed E-state index contributed by atoms with van der Waals surface area (Å²) in [5.41, 5.74) is 0. The molecule has 410 valence electrons. The second kappa shape index (κ2) is 55.7. The van der Waals surface area contributed by atoms with Crippen LogP contribution in [0.4, 0.5) is 0 Å². The van der Waals surface area contributed by atoms with Crippen molar-refractivity contribution in [1.29, 1.82) is 0 Å². The number of unbranched alkanes of at least 4 members (excludes halogenated alkanes) is 41. The average molecular weight is 976 g/mol. The molecule has 0 saturated heterocycles. The third kappa shape index (κ3) is 55.6. The first-order valence-electron chi connectivity index (χ1n) is 31.3. The van der Waals surface area contributed by atoms with Crippen molar-refractivity contribution in [1.82, 2.24) is 0 Å². The quantitative estimate of drug-likeness (QED) is 0.0343. The Bertz CT molecular complexity index is 1060. The lowest BCUT2D eigenvalue weighted by Gasteiger charge is -2.18. The Balaban J connectivity index is 4.25. The summed E-state index contributed by atoms with van der Waals surface area (Å²) in [6, 6.07) is 0. The highest BCUT2D eigenvalue weighted by atomic mass is 16.6. The number of esters is 3. The van der Waals surface area contributed by atoms with Crippen LogP contribution in [-0.4, -0.2) is 37.2 Å². The topological polar surface area (TPSA) is 78.9 Å². The molecule has 2 atom stereocenters. The zero-order chi connectivity index (χ0) is 50.4. The van der Waals surface area contributed by atoms with E-state index in [9.17, 15) is 14.4 Å². The van der Waals surface area contributed by atoms with Gasteiger partial charge in [-0.2, -0.15) is 0 Å². The van der Waals surface area contributed by atoms with E-state index in [1.807, 2.05) is 0 Å². The van der Waals surface area contributed by atoms with Crippen LogP contribution in [0.25, 0.3) is 0 Å². The first kappa shape index (κ1) is 67.4. The highest BCUT2D eigenvalue weighted by molar-refractivity contribution is 5.71. The average Bonchev–Trinajstić information content (AvgIpc) is 3.34. The second-order valence-electron chi connectivity index (χ2n) is 22.4. The zero-order valence-electron chi connectivity index (χ0n) is 47.5. The van der Waals surface area contributed by atoms with Crippen LogP contribution in [0.2, 0.25) is 0 Å². The highest BCUT2D eigenvalue weighted by Gasteiger charge is 2.19. The second-order valence-corrected chi connectivity index (χ2v) is 22.4. The van der Waals surface area contributed by atoms with Gasteiger partial charge in [0.05, 0.1) is 0 Å². The molecule has 0 aliphatic rings. The smallest absolute Gasteiger partial charge is 0.306 e. The largest absolute Gasteiger partial charge is 0.462 e. The lowest BCUT2D eigenvalue weighted by molar-refractivity contribution is -0.167. The maximum atomic E-state index is 12.9. The molecule has 0 aromatic rings. The van der Waals surface area contributed by atoms with E-state index >= 15 is 0 Å². The fourth-order valence-electron chi connectivity index (χ4n) is 9.73.